The summed E-state index contributed by atoms with van der Waals surface area (Å²) in [5.74, 6) is 0. The fourth-order valence-corrected chi connectivity index (χ4v) is 6.85. The van der Waals surface area contributed by atoms with E-state index < -0.39 is 0 Å². The highest BCUT2D eigenvalue weighted by molar-refractivity contribution is 6.10. The van der Waals surface area contributed by atoms with Crippen LogP contribution in [-0.2, 0) is 0 Å². The third-order valence-electron chi connectivity index (χ3n) is 9.12. The molecule has 7 aromatic carbocycles. The van der Waals surface area contributed by atoms with Gasteiger partial charge in [-0.25, -0.2) is 0 Å². The van der Waals surface area contributed by atoms with Crippen LogP contribution in [0.2, 0.25) is 0 Å². The standard InChI is InChI=1S/C44H25N3O2/c45-26-28-23-29(27-46)25-34(24-28)47(32-19-15-30(16-20-32)35-9-5-11-39-37-7-1-3-13-41(37)48-43(35)39)33-21-17-31(18-22-33)36-10-6-12-40-38-8-2-4-14-42(38)49-44(36)40/h1-25H. The van der Waals surface area contributed by atoms with Gasteiger partial charge in [0.05, 0.1) is 23.3 Å². The van der Waals surface area contributed by atoms with Crippen LogP contribution in [0.3, 0.4) is 0 Å². The zero-order valence-corrected chi connectivity index (χ0v) is 26.1. The van der Waals surface area contributed by atoms with Crippen molar-refractivity contribution in [2.24, 2.45) is 0 Å². The van der Waals surface area contributed by atoms with Gasteiger partial charge < -0.3 is 13.7 Å². The van der Waals surface area contributed by atoms with E-state index >= 15 is 0 Å². The van der Waals surface area contributed by atoms with Crippen molar-refractivity contribution in [3.63, 3.8) is 0 Å². The van der Waals surface area contributed by atoms with Crippen molar-refractivity contribution < 1.29 is 8.83 Å². The molecule has 228 valence electrons. The van der Waals surface area contributed by atoms with Crippen LogP contribution in [0.1, 0.15) is 11.1 Å². The number of rotatable bonds is 5. The molecule has 2 aromatic heterocycles. The van der Waals surface area contributed by atoms with E-state index in [1.165, 1.54) is 0 Å². The first-order chi connectivity index (χ1) is 24.2. The van der Waals surface area contributed by atoms with Crippen molar-refractivity contribution in [3.05, 3.63) is 163 Å². The first-order valence-electron chi connectivity index (χ1n) is 16.0. The Morgan fingerprint density at radius 3 is 1.29 bits per heavy atom. The first-order valence-corrected chi connectivity index (χ1v) is 16.0. The third-order valence-corrected chi connectivity index (χ3v) is 9.12. The molecule has 2 heterocycles. The molecule has 0 fully saturated rings. The predicted octanol–water partition coefficient (Wildman–Crippen LogP) is 12.0. The normalized spacial score (nSPS) is 11.2. The number of furan rings is 2. The maximum Gasteiger partial charge on any atom is 0.143 e. The van der Waals surface area contributed by atoms with Crippen molar-refractivity contribution in [2.75, 3.05) is 4.90 Å². The maximum atomic E-state index is 9.81. The van der Waals surface area contributed by atoms with E-state index in [2.05, 4.69) is 114 Å². The van der Waals surface area contributed by atoms with Crippen LogP contribution in [0, 0.1) is 22.7 Å². The average Bonchev–Trinajstić information content (AvgIpc) is 3.74. The molecule has 5 nitrogen and oxygen atoms in total. The zero-order valence-electron chi connectivity index (χ0n) is 26.1. The van der Waals surface area contributed by atoms with Crippen LogP contribution < -0.4 is 4.90 Å². The third kappa shape index (κ3) is 4.69. The molecule has 0 saturated carbocycles. The molecule has 0 unspecified atom stereocenters. The van der Waals surface area contributed by atoms with Crippen LogP contribution in [0.15, 0.2) is 160 Å². The van der Waals surface area contributed by atoms with Crippen LogP contribution >= 0.6 is 0 Å². The van der Waals surface area contributed by atoms with Gasteiger partial charge in [-0.2, -0.15) is 10.5 Å². The lowest BCUT2D eigenvalue weighted by Gasteiger charge is -2.26. The molecule has 5 heteroatoms. The summed E-state index contributed by atoms with van der Waals surface area (Å²) < 4.78 is 12.6. The molecule has 0 saturated heterocycles. The molecular formula is C44H25N3O2. The monoisotopic (exact) mass is 627 g/mol. The Kier molecular flexibility index (Phi) is 6.50. The molecule has 0 aliphatic carbocycles. The van der Waals surface area contributed by atoms with E-state index in [0.717, 1.165) is 83.2 Å². The quantitative estimate of drug-likeness (QED) is 0.190. The van der Waals surface area contributed by atoms with Gasteiger partial charge in [0.15, 0.2) is 0 Å². The summed E-state index contributed by atoms with van der Waals surface area (Å²) in [6, 6.07) is 54.9. The molecule has 49 heavy (non-hydrogen) atoms. The Labute approximate surface area is 281 Å². The number of anilines is 3. The van der Waals surface area contributed by atoms with Crippen LogP contribution in [0.5, 0.6) is 0 Å². The second-order valence-corrected chi connectivity index (χ2v) is 12.0. The highest BCUT2D eigenvalue weighted by Crippen LogP contribution is 2.41. The number of benzene rings is 7. The zero-order chi connectivity index (χ0) is 32.9. The fourth-order valence-electron chi connectivity index (χ4n) is 6.85. The Morgan fingerprint density at radius 2 is 0.837 bits per heavy atom. The van der Waals surface area contributed by atoms with Gasteiger partial charge in [0.2, 0.25) is 0 Å². The lowest BCUT2D eigenvalue weighted by molar-refractivity contribution is 0.669. The summed E-state index contributed by atoms with van der Waals surface area (Å²) in [5, 5.41) is 24.0. The second kappa shape index (κ2) is 11.3. The lowest BCUT2D eigenvalue weighted by Crippen LogP contribution is -2.10. The van der Waals surface area contributed by atoms with Gasteiger partial charge in [-0.3, -0.25) is 0 Å². The number of hydrogen-bond donors (Lipinski definition) is 0. The topological polar surface area (TPSA) is 77.1 Å². The van der Waals surface area contributed by atoms with E-state index in [-0.39, 0.29) is 0 Å². The first kappa shape index (κ1) is 28.2. The summed E-state index contributed by atoms with van der Waals surface area (Å²) >= 11 is 0. The van der Waals surface area contributed by atoms with Gasteiger partial charge in [-0.1, -0.05) is 97.1 Å². The Balaban J connectivity index is 1.15. The van der Waals surface area contributed by atoms with Crippen molar-refractivity contribution >= 4 is 60.9 Å². The SMILES string of the molecule is N#Cc1cc(C#N)cc(N(c2ccc(-c3cccc4c3oc3ccccc34)cc2)c2ccc(-c3cccc4c3oc3ccccc34)cc2)c1. The summed E-state index contributed by atoms with van der Waals surface area (Å²) in [5.41, 5.74) is 10.8. The van der Waals surface area contributed by atoms with Gasteiger partial charge in [0.25, 0.3) is 0 Å². The lowest BCUT2D eigenvalue weighted by atomic mass is 10.0. The minimum Gasteiger partial charge on any atom is -0.455 e. The van der Waals surface area contributed by atoms with E-state index in [1.54, 1.807) is 6.07 Å². The second-order valence-electron chi connectivity index (χ2n) is 12.0. The average molecular weight is 628 g/mol. The molecule has 0 aliphatic heterocycles. The fraction of sp³-hybridized carbons (Fsp3) is 0. The Hall–Kier alpha value is -7.08. The van der Waals surface area contributed by atoms with Crippen molar-refractivity contribution in [1.82, 2.24) is 0 Å². The minimum absolute atomic E-state index is 0.417. The molecule has 0 N–H and O–H groups in total. The van der Waals surface area contributed by atoms with Crippen molar-refractivity contribution in [2.45, 2.75) is 0 Å². The summed E-state index contributed by atoms with van der Waals surface area (Å²) in [7, 11) is 0. The van der Waals surface area contributed by atoms with E-state index in [4.69, 9.17) is 8.83 Å². The minimum atomic E-state index is 0.417. The highest BCUT2D eigenvalue weighted by atomic mass is 16.3. The van der Waals surface area contributed by atoms with E-state index in [0.29, 0.717) is 11.1 Å². The number of nitrogens with zero attached hydrogens (tertiary/aromatic N) is 3. The van der Waals surface area contributed by atoms with Gasteiger partial charge in [-0.15, -0.1) is 0 Å². The summed E-state index contributed by atoms with van der Waals surface area (Å²) in [6.45, 7) is 0. The Bertz CT molecular complexity index is 2600. The molecule has 9 rings (SSSR count). The molecule has 0 aliphatic rings. The van der Waals surface area contributed by atoms with Gasteiger partial charge in [-0.05, 0) is 65.7 Å². The predicted molar refractivity (Wildman–Crippen MR) is 196 cm³/mol. The maximum absolute atomic E-state index is 9.81. The largest absolute Gasteiger partial charge is 0.455 e. The van der Waals surface area contributed by atoms with Gasteiger partial charge in [0, 0.05) is 49.7 Å². The van der Waals surface area contributed by atoms with Crippen LogP contribution in [0.25, 0.3) is 66.1 Å². The molecule has 0 atom stereocenters. The molecule has 0 amide bonds. The molecule has 0 spiro atoms. The van der Waals surface area contributed by atoms with Crippen molar-refractivity contribution in [3.8, 4) is 34.4 Å². The molecule has 9 aromatic rings. The summed E-state index contributed by atoms with van der Waals surface area (Å²) in [4.78, 5) is 2.07. The highest BCUT2D eigenvalue weighted by Gasteiger charge is 2.18. The van der Waals surface area contributed by atoms with E-state index in [1.807, 2.05) is 48.5 Å². The molecule has 0 radical (unpaired) electrons. The number of fused-ring (bicyclic) bond motifs is 6. The smallest absolute Gasteiger partial charge is 0.143 e. The van der Waals surface area contributed by atoms with E-state index in [9.17, 15) is 10.5 Å². The number of hydrogen-bond acceptors (Lipinski definition) is 5. The summed E-state index contributed by atoms with van der Waals surface area (Å²) in [6.07, 6.45) is 0. The van der Waals surface area contributed by atoms with Crippen molar-refractivity contribution in [1.29, 1.82) is 10.5 Å². The molecule has 0 bridgehead atoms. The molecular weight excluding hydrogens is 603 g/mol. The van der Waals surface area contributed by atoms with Gasteiger partial charge >= 0.3 is 0 Å². The number of para-hydroxylation sites is 4. The van der Waals surface area contributed by atoms with Gasteiger partial charge in [0.1, 0.15) is 22.3 Å². The van der Waals surface area contributed by atoms with Crippen LogP contribution in [0.4, 0.5) is 17.1 Å². The number of nitriles is 2. The Morgan fingerprint density at radius 1 is 0.408 bits per heavy atom. The van der Waals surface area contributed by atoms with Crippen LogP contribution in [-0.4, -0.2) is 0 Å².